The molecule has 0 aliphatic rings. The highest BCUT2D eigenvalue weighted by atomic mass is 79.9. The topological polar surface area (TPSA) is 83.1 Å². The summed E-state index contributed by atoms with van der Waals surface area (Å²) >= 11 is 3.39. The normalized spacial score (nSPS) is 10.1. The van der Waals surface area contributed by atoms with Crippen molar-refractivity contribution in [3.8, 4) is 0 Å². The van der Waals surface area contributed by atoms with E-state index >= 15 is 0 Å². The van der Waals surface area contributed by atoms with Crippen molar-refractivity contribution in [2.24, 2.45) is 0 Å². The molecule has 3 rings (SSSR count). The van der Waals surface area contributed by atoms with Crippen LogP contribution in [0.3, 0.4) is 0 Å². The smallest absolute Gasteiger partial charge is 0.319 e. The van der Waals surface area contributed by atoms with Crippen molar-refractivity contribution in [1.29, 1.82) is 0 Å². The van der Waals surface area contributed by atoms with Crippen molar-refractivity contribution >= 4 is 39.2 Å². The third kappa shape index (κ3) is 5.39. The van der Waals surface area contributed by atoms with Crippen molar-refractivity contribution in [3.63, 3.8) is 0 Å². The first kappa shape index (κ1) is 18.6. The molecule has 0 atom stereocenters. The standard InChI is InChI=1S/C20H17BrN4O2/c21-17-5-1-2-6-18(17)25-19(26)15-7-9-16(10-8-15)24-20(27)23-13-14-4-3-11-22-12-14/h1-12H,13H2,(H,25,26)(H2,23,24,27). The second-order valence-electron chi connectivity index (χ2n) is 5.68. The number of rotatable bonds is 5. The number of nitrogens with one attached hydrogen (secondary N) is 3. The predicted molar refractivity (Wildman–Crippen MR) is 109 cm³/mol. The summed E-state index contributed by atoms with van der Waals surface area (Å²) in [7, 11) is 0. The Morgan fingerprint density at radius 2 is 1.70 bits per heavy atom. The van der Waals surface area contributed by atoms with Crippen LogP contribution < -0.4 is 16.0 Å². The summed E-state index contributed by atoms with van der Waals surface area (Å²) < 4.78 is 0.807. The van der Waals surface area contributed by atoms with Gasteiger partial charge in [-0.2, -0.15) is 0 Å². The number of anilines is 2. The Bertz CT molecular complexity index is 930. The molecule has 3 amide bonds. The quantitative estimate of drug-likeness (QED) is 0.566. The second kappa shape index (κ2) is 8.95. The van der Waals surface area contributed by atoms with Gasteiger partial charge < -0.3 is 16.0 Å². The molecule has 136 valence electrons. The Labute approximate surface area is 165 Å². The summed E-state index contributed by atoms with van der Waals surface area (Å²) in [5, 5.41) is 8.31. The van der Waals surface area contributed by atoms with Crippen molar-refractivity contribution in [2.75, 3.05) is 10.6 Å². The number of hydrogen-bond donors (Lipinski definition) is 3. The van der Waals surface area contributed by atoms with Crippen molar-refractivity contribution in [3.05, 3.63) is 88.7 Å². The molecule has 0 fully saturated rings. The lowest BCUT2D eigenvalue weighted by Crippen LogP contribution is -2.28. The zero-order valence-electron chi connectivity index (χ0n) is 14.3. The fourth-order valence-electron chi connectivity index (χ4n) is 2.32. The van der Waals surface area contributed by atoms with Crippen LogP contribution in [0.5, 0.6) is 0 Å². The number of pyridine rings is 1. The van der Waals surface area contributed by atoms with Crippen molar-refractivity contribution < 1.29 is 9.59 Å². The third-order valence-corrected chi connectivity index (χ3v) is 4.39. The van der Waals surface area contributed by atoms with Crippen LogP contribution in [0.4, 0.5) is 16.2 Å². The first-order valence-corrected chi connectivity index (χ1v) is 9.01. The predicted octanol–water partition coefficient (Wildman–Crippen LogP) is 4.42. The summed E-state index contributed by atoms with van der Waals surface area (Å²) in [6.45, 7) is 0.381. The second-order valence-corrected chi connectivity index (χ2v) is 6.53. The van der Waals surface area contributed by atoms with Crippen LogP contribution in [0.25, 0.3) is 0 Å². The summed E-state index contributed by atoms with van der Waals surface area (Å²) in [6.07, 6.45) is 3.37. The Morgan fingerprint density at radius 1 is 0.926 bits per heavy atom. The van der Waals surface area contributed by atoms with Crippen LogP contribution in [0.15, 0.2) is 77.5 Å². The SMILES string of the molecule is O=C(NCc1cccnc1)Nc1ccc(C(=O)Nc2ccccc2Br)cc1. The number of carbonyl (C=O) groups excluding carboxylic acids is 2. The Morgan fingerprint density at radius 3 is 2.41 bits per heavy atom. The van der Waals surface area contributed by atoms with E-state index in [0.717, 1.165) is 10.0 Å². The summed E-state index contributed by atoms with van der Waals surface area (Å²) in [4.78, 5) is 28.3. The highest BCUT2D eigenvalue weighted by Gasteiger charge is 2.08. The molecule has 0 unspecified atom stereocenters. The molecule has 2 aromatic carbocycles. The van der Waals surface area contributed by atoms with Gasteiger partial charge in [0, 0.05) is 34.7 Å². The number of halogens is 1. The van der Waals surface area contributed by atoms with Gasteiger partial charge in [0.1, 0.15) is 0 Å². The van der Waals surface area contributed by atoms with Crippen LogP contribution in [0.2, 0.25) is 0 Å². The Hall–Kier alpha value is -3.19. The molecule has 0 spiro atoms. The molecule has 0 saturated heterocycles. The van der Waals surface area contributed by atoms with Gasteiger partial charge in [-0.1, -0.05) is 18.2 Å². The summed E-state index contributed by atoms with van der Waals surface area (Å²) in [5.41, 5.74) is 2.69. The molecule has 3 N–H and O–H groups in total. The van der Waals surface area contributed by atoms with E-state index in [0.29, 0.717) is 23.5 Å². The highest BCUT2D eigenvalue weighted by molar-refractivity contribution is 9.10. The molecule has 3 aromatic rings. The van der Waals surface area contributed by atoms with E-state index in [4.69, 9.17) is 0 Å². The Balaban J connectivity index is 1.54. The number of amides is 3. The minimum atomic E-state index is -0.329. The molecular formula is C20H17BrN4O2. The largest absolute Gasteiger partial charge is 0.334 e. The minimum Gasteiger partial charge on any atom is -0.334 e. The van der Waals surface area contributed by atoms with Gasteiger partial charge >= 0.3 is 6.03 Å². The molecule has 0 aliphatic heterocycles. The van der Waals surface area contributed by atoms with Gasteiger partial charge in [-0.3, -0.25) is 9.78 Å². The van der Waals surface area contributed by atoms with Gasteiger partial charge in [-0.15, -0.1) is 0 Å². The molecule has 0 radical (unpaired) electrons. The number of hydrogen-bond acceptors (Lipinski definition) is 3. The lowest BCUT2D eigenvalue weighted by atomic mass is 10.2. The maximum atomic E-state index is 12.3. The molecular weight excluding hydrogens is 408 g/mol. The molecule has 1 heterocycles. The highest BCUT2D eigenvalue weighted by Crippen LogP contribution is 2.22. The average molecular weight is 425 g/mol. The van der Waals surface area contributed by atoms with Gasteiger partial charge in [-0.05, 0) is 64.0 Å². The number of carbonyl (C=O) groups is 2. The number of benzene rings is 2. The lowest BCUT2D eigenvalue weighted by Gasteiger charge is -2.09. The van der Waals surface area contributed by atoms with E-state index < -0.39 is 0 Å². The fraction of sp³-hybridized carbons (Fsp3) is 0.0500. The monoisotopic (exact) mass is 424 g/mol. The lowest BCUT2D eigenvalue weighted by molar-refractivity contribution is 0.102. The summed E-state index contributed by atoms with van der Waals surface area (Å²) in [6, 6.07) is 17.4. The first-order chi connectivity index (χ1) is 13.1. The van der Waals surface area contributed by atoms with Gasteiger partial charge in [0.15, 0.2) is 0 Å². The maximum absolute atomic E-state index is 12.3. The van der Waals surface area contributed by atoms with Gasteiger partial charge in [-0.25, -0.2) is 4.79 Å². The number of para-hydroxylation sites is 1. The molecule has 0 aliphatic carbocycles. The third-order valence-electron chi connectivity index (χ3n) is 3.70. The zero-order chi connectivity index (χ0) is 19.1. The van der Waals surface area contributed by atoms with Crippen LogP contribution in [-0.2, 0) is 6.54 Å². The number of urea groups is 1. The van der Waals surface area contributed by atoms with E-state index in [-0.39, 0.29) is 11.9 Å². The fourth-order valence-corrected chi connectivity index (χ4v) is 2.71. The molecule has 7 heteroatoms. The van der Waals surface area contributed by atoms with Crippen LogP contribution in [-0.4, -0.2) is 16.9 Å². The number of aromatic nitrogens is 1. The number of nitrogens with zero attached hydrogens (tertiary/aromatic N) is 1. The maximum Gasteiger partial charge on any atom is 0.319 e. The molecule has 1 aromatic heterocycles. The van der Waals surface area contributed by atoms with Gasteiger partial charge in [0.25, 0.3) is 5.91 Å². The Kier molecular flexibility index (Phi) is 6.17. The summed E-state index contributed by atoms with van der Waals surface area (Å²) in [5.74, 6) is -0.227. The van der Waals surface area contributed by atoms with Crippen LogP contribution in [0, 0.1) is 0 Å². The molecule has 0 bridgehead atoms. The molecule has 27 heavy (non-hydrogen) atoms. The van der Waals surface area contributed by atoms with E-state index in [1.54, 1.807) is 36.7 Å². The van der Waals surface area contributed by atoms with Gasteiger partial charge in [0.2, 0.25) is 0 Å². The van der Waals surface area contributed by atoms with Crippen molar-refractivity contribution in [2.45, 2.75) is 6.54 Å². The van der Waals surface area contributed by atoms with E-state index in [9.17, 15) is 9.59 Å². The average Bonchev–Trinajstić information content (AvgIpc) is 2.69. The van der Waals surface area contributed by atoms with E-state index in [1.165, 1.54) is 0 Å². The van der Waals surface area contributed by atoms with E-state index in [2.05, 4.69) is 36.9 Å². The van der Waals surface area contributed by atoms with Crippen LogP contribution in [0.1, 0.15) is 15.9 Å². The first-order valence-electron chi connectivity index (χ1n) is 8.21. The van der Waals surface area contributed by atoms with E-state index in [1.807, 2.05) is 36.4 Å². The van der Waals surface area contributed by atoms with Crippen LogP contribution >= 0.6 is 15.9 Å². The van der Waals surface area contributed by atoms with Crippen molar-refractivity contribution in [1.82, 2.24) is 10.3 Å². The van der Waals surface area contributed by atoms with Gasteiger partial charge in [0.05, 0.1) is 5.69 Å². The zero-order valence-corrected chi connectivity index (χ0v) is 15.9. The molecule has 0 saturated carbocycles. The minimum absolute atomic E-state index is 0.227. The molecule has 6 nitrogen and oxygen atoms in total.